The zero-order chi connectivity index (χ0) is 19.9. The number of hydrogen-bond acceptors (Lipinski definition) is 3. The van der Waals surface area contributed by atoms with Gasteiger partial charge in [-0.25, -0.2) is 4.79 Å². The summed E-state index contributed by atoms with van der Waals surface area (Å²) in [5.74, 6) is 0.177. The molecule has 1 saturated carbocycles. The Labute approximate surface area is 166 Å². The third-order valence-corrected chi connectivity index (χ3v) is 5.15. The van der Waals surface area contributed by atoms with Gasteiger partial charge in [0.15, 0.2) is 0 Å². The number of anilines is 2. The number of urea groups is 1. The molecule has 1 aromatic heterocycles. The fourth-order valence-electron chi connectivity index (χ4n) is 3.40. The molecule has 3 amide bonds. The van der Waals surface area contributed by atoms with Crippen LogP contribution in [0.15, 0.2) is 42.6 Å². The highest BCUT2D eigenvalue weighted by atomic mass is 16.2. The lowest BCUT2D eigenvalue weighted by atomic mass is 10.1. The SMILES string of the molecule is CCc1ccc(CN(C)C(=O)Nc2cccc(NC(=O)C3CCCC3)c2)nc1. The maximum atomic E-state index is 12.5. The number of hydrogen-bond donors (Lipinski definition) is 2. The summed E-state index contributed by atoms with van der Waals surface area (Å²) in [6, 6.07) is 11.0. The van der Waals surface area contributed by atoms with Gasteiger partial charge < -0.3 is 15.5 Å². The number of benzene rings is 1. The normalized spacial score (nSPS) is 13.9. The molecule has 1 aliphatic carbocycles. The monoisotopic (exact) mass is 380 g/mol. The second-order valence-electron chi connectivity index (χ2n) is 7.35. The molecule has 0 aliphatic heterocycles. The van der Waals surface area contributed by atoms with Crippen LogP contribution in [0.3, 0.4) is 0 Å². The number of nitrogens with one attached hydrogen (secondary N) is 2. The molecule has 0 unspecified atom stereocenters. The Kier molecular flexibility index (Phi) is 6.63. The van der Waals surface area contributed by atoms with Crippen LogP contribution >= 0.6 is 0 Å². The minimum atomic E-state index is -0.222. The molecule has 0 radical (unpaired) electrons. The maximum Gasteiger partial charge on any atom is 0.321 e. The molecule has 1 fully saturated rings. The fourth-order valence-corrected chi connectivity index (χ4v) is 3.40. The molecular weight excluding hydrogens is 352 g/mol. The van der Waals surface area contributed by atoms with Gasteiger partial charge in [-0.1, -0.05) is 31.9 Å². The van der Waals surface area contributed by atoms with E-state index in [2.05, 4.69) is 22.5 Å². The van der Waals surface area contributed by atoms with Crippen molar-refractivity contribution in [2.24, 2.45) is 5.92 Å². The van der Waals surface area contributed by atoms with Gasteiger partial charge >= 0.3 is 6.03 Å². The van der Waals surface area contributed by atoms with Crippen LogP contribution in [0.25, 0.3) is 0 Å². The molecule has 1 aromatic carbocycles. The molecule has 2 aromatic rings. The summed E-state index contributed by atoms with van der Waals surface area (Å²) < 4.78 is 0. The molecule has 2 N–H and O–H groups in total. The standard InChI is InChI=1S/C22H28N4O2/c1-3-16-11-12-20(23-14-16)15-26(2)22(28)25-19-10-6-9-18(13-19)24-21(27)17-7-4-5-8-17/h6,9-14,17H,3-5,7-8,15H2,1-2H3,(H,24,27)(H,25,28). The highest BCUT2D eigenvalue weighted by Gasteiger charge is 2.22. The Hall–Kier alpha value is -2.89. The van der Waals surface area contributed by atoms with Crippen LogP contribution < -0.4 is 10.6 Å². The third-order valence-electron chi connectivity index (χ3n) is 5.15. The summed E-state index contributed by atoms with van der Waals surface area (Å²) in [5, 5.41) is 5.84. The molecule has 6 heteroatoms. The van der Waals surface area contributed by atoms with Gasteiger partial charge in [-0.15, -0.1) is 0 Å². The first-order valence-electron chi connectivity index (χ1n) is 9.92. The fraction of sp³-hybridized carbons (Fsp3) is 0.409. The van der Waals surface area contributed by atoms with Gasteiger partial charge in [-0.2, -0.15) is 0 Å². The van der Waals surface area contributed by atoms with Crippen LogP contribution in [0.1, 0.15) is 43.9 Å². The number of carbonyl (C=O) groups is 2. The van der Waals surface area contributed by atoms with Crippen LogP contribution in [-0.2, 0) is 17.8 Å². The molecule has 148 valence electrons. The van der Waals surface area contributed by atoms with Crippen LogP contribution in [0.4, 0.5) is 16.2 Å². The Balaban J connectivity index is 1.56. The average molecular weight is 380 g/mol. The van der Waals surface area contributed by atoms with Crippen molar-refractivity contribution in [2.75, 3.05) is 17.7 Å². The second-order valence-corrected chi connectivity index (χ2v) is 7.35. The third kappa shape index (κ3) is 5.31. The van der Waals surface area contributed by atoms with Crippen molar-refractivity contribution in [1.82, 2.24) is 9.88 Å². The molecule has 1 heterocycles. The lowest BCUT2D eigenvalue weighted by Crippen LogP contribution is -2.31. The van der Waals surface area contributed by atoms with Crippen molar-refractivity contribution in [3.8, 4) is 0 Å². The van der Waals surface area contributed by atoms with Gasteiger partial charge in [0.1, 0.15) is 0 Å². The number of pyridine rings is 1. The van der Waals surface area contributed by atoms with E-state index in [0.29, 0.717) is 17.9 Å². The summed E-state index contributed by atoms with van der Waals surface area (Å²) in [6.45, 7) is 2.51. The summed E-state index contributed by atoms with van der Waals surface area (Å²) in [6.07, 6.45) is 6.95. The van der Waals surface area contributed by atoms with Crippen molar-refractivity contribution in [2.45, 2.75) is 45.6 Å². The molecule has 0 saturated heterocycles. The molecule has 0 atom stereocenters. The molecule has 28 heavy (non-hydrogen) atoms. The Bertz CT molecular complexity index is 814. The predicted octanol–water partition coefficient (Wildman–Crippen LogP) is 4.44. The first kappa shape index (κ1) is 19.9. The predicted molar refractivity (Wildman–Crippen MR) is 111 cm³/mol. The summed E-state index contributed by atoms with van der Waals surface area (Å²) >= 11 is 0. The first-order valence-corrected chi connectivity index (χ1v) is 9.92. The number of aryl methyl sites for hydroxylation is 1. The lowest BCUT2D eigenvalue weighted by molar-refractivity contribution is -0.119. The lowest BCUT2D eigenvalue weighted by Gasteiger charge is -2.18. The van der Waals surface area contributed by atoms with Crippen molar-refractivity contribution >= 4 is 23.3 Å². The van der Waals surface area contributed by atoms with Gasteiger partial charge in [0.2, 0.25) is 5.91 Å². The summed E-state index contributed by atoms with van der Waals surface area (Å²) in [7, 11) is 1.73. The molecular formula is C22H28N4O2. The van der Waals surface area contributed by atoms with Crippen LogP contribution in [0.5, 0.6) is 0 Å². The maximum absolute atomic E-state index is 12.5. The highest BCUT2D eigenvalue weighted by Crippen LogP contribution is 2.26. The Morgan fingerprint density at radius 2 is 1.82 bits per heavy atom. The molecule has 6 nitrogen and oxygen atoms in total. The van der Waals surface area contributed by atoms with Crippen molar-refractivity contribution in [1.29, 1.82) is 0 Å². The smallest absolute Gasteiger partial charge is 0.321 e. The average Bonchev–Trinajstić information content (AvgIpc) is 3.24. The molecule has 0 spiro atoms. The number of amides is 3. The van der Waals surface area contributed by atoms with E-state index in [-0.39, 0.29) is 17.9 Å². The van der Waals surface area contributed by atoms with E-state index >= 15 is 0 Å². The van der Waals surface area contributed by atoms with Gasteiger partial charge in [0, 0.05) is 30.5 Å². The zero-order valence-corrected chi connectivity index (χ0v) is 16.6. The number of aromatic nitrogens is 1. The minimum Gasteiger partial charge on any atom is -0.326 e. The molecule has 0 bridgehead atoms. The number of nitrogens with zero attached hydrogens (tertiary/aromatic N) is 2. The van der Waals surface area contributed by atoms with E-state index < -0.39 is 0 Å². The number of carbonyl (C=O) groups excluding carboxylic acids is 2. The zero-order valence-electron chi connectivity index (χ0n) is 16.6. The largest absolute Gasteiger partial charge is 0.326 e. The quantitative estimate of drug-likeness (QED) is 0.778. The van der Waals surface area contributed by atoms with Gasteiger partial charge in [-0.05, 0) is 49.1 Å². The van der Waals surface area contributed by atoms with Crippen LogP contribution in [0.2, 0.25) is 0 Å². The van der Waals surface area contributed by atoms with Crippen molar-refractivity contribution in [3.05, 3.63) is 53.9 Å². The van der Waals surface area contributed by atoms with Crippen LogP contribution in [-0.4, -0.2) is 28.9 Å². The van der Waals surface area contributed by atoms with Crippen LogP contribution in [0, 0.1) is 5.92 Å². The summed E-state index contributed by atoms with van der Waals surface area (Å²) in [4.78, 5) is 30.7. The molecule has 1 aliphatic rings. The van der Waals surface area contributed by atoms with Crippen molar-refractivity contribution < 1.29 is 9.59 Å². The minimum absolute atomic E-state index is 0.0692. The number of rotatable bonds is 6. The van der Waals surface area contributed by atoms with E-state index in [4.69, 9.17) is 0 Å². The van der Waals surface area contributed by atoms with Gasteiger partial charge in [0.25, 0.3) is 0 Å². The molecule has 3 rings (SSSR count). The van der Waals surface area contributed by atoms with E-state index in [9.17, 15) is 9.59 Å². The second kappa shape index (κ2) is 9.35. The van der Waals surface area contributed by atoms with E-state index in [1.54, 1.807) is 18.0 Å². The van der Waals surface area contributed by atoms with E-state index in [0.717, 1.165) is 37.8 Å². The summed E-state index contributed by atoms with van der Waals surface area (Å²) in [5.41, 5.74) is 3.37. The van der Waals surface area contributed by atoms with Gasteiger partial charge in [0.05, 0.1) is 12.2 Å². The first-order chi connectivity index (χ1) is 13.5. The van der Waals surface area contributed by atoms with E-state index in [1.807, 2.05) is 36.5 Å². The topological polar surface area (TPSA) is 74.3 Å². The highest BCUT2D eigenvalue weighted by molar-refractivity contribution is 5.94. The Morgan fingerprint density at radius 1 is 1.11 bits per heavy atom. The Morgan fingerprint density at radius 3 is 2.46 bits per heavy atom. The van der Waals surface area contributed by atoms with Crippen molar-refractivity contribution in [3.63, 3.8) is 0 Å². The van der Waals surface area contributed by atoms with Gasteiger partial charge in [-0.3, -0.25) is 9.78 Å². The van der Waals surface area contributed by atoms with E-state index in [1.165, 1.54) is 5.56 Å².